The number of fused-ring (bicyclic) bond motifs is 1. The van der Waals surface area contributed by atoms with Crippen LogP contribution in [0.3, 0.4) is 0 Å². The molecule has 3 rings (SSSR count). The van der Waals surface area contributed by atoms with E-state index in [-0.39, 0.29) is 26.9 Å². The van der Waals surface area contributed by atoms with Crippen molar-refractivity contribution in [1.82, 2.24) is 4.98 Å². The van der Waals surface area contributed by atoms with Crippen molar-refractivity contribution in [3.05, 3.63) is 41.2 Å². The number of benzene rings is 1. The summed E-state index contributed by atoms with van der Waals surface area (Å²) >= 11 is -0.0776. The summed E-state index contributed by atoms with van der Waals surface area (Å²) in [5.41, 5.74) is 4.47. The molecule has 1 aliphatic rings. The molecule has 0 bridgehead atoms. The number of nitrogens with zero attached hydrogens (tertiary/aromatic N) is 3. The topological polar surface area (TPSA) is 90.1 Å². The zero-order valence-electron chi connectivity index (χ0n) is 11.4. The van der Waals surface area contributed by atoms with Crippen LogP contribution in [0.2, 0.25) is 0 Å². The van der Waals surface area contributed by atoms with Crippen LogP contribution in [0.1, 0.15) is 16.8 Å². The van der Waals surface area contributed by atoms with Crippen molar-refractivity contribution in [3.8, 4) is 5.75 Å². The van der Waals surface area contributed by atoms with Gasteiger partial charge in [0.25, 0.3) is 0 Å². The number of hydrogen-bond donors (Lipinski definition) is 3. The van der Waals surface area contributed by atoms with Crippen molar-refractivity contribution in [2.24, 2.45) is 7.92 Å². The average Bonchev–Trinajstić information content (AvgIpc) is 2.98. The SMILES string of the molecule is Cc1ncc(CO)c(CNc2cccc3c2N=[Se]=N3)c1O. The molecule has 0 unspecified atom stereocenters. The van der Waals surface area contributed by atoms with E-state index in [1.165, 1.54) is 0 Å². The Kier molecular flexibility index (Phi) is 3.88. The molecule has 0 radical (unpaired) electrons. The molecule has 2 aromatic rings. The second-order valence-electron chi connectivity index (χ2n) is 4.65. The number of aromatic hydroxyl groups is 1. The Hall–Kier alpha value is -1.95. The Morgan fingerprint density at radius 1 is 1.29 bits per heavy atom. The molecule has 1 aromatic heterocycles. The standard InChI is InChI=1S/C14H14N4O2Se/c1-8-14(20)10(9(7-19)5-15-8)6-16-11-3-2-4-12-13(11)18-21-17-12/h2-5,16,19-20H,6-7H2,1H3. The third kappa shape index (κ3) is 2.63. The van der Waals surface area contributed by atoms with Gasteiger partial charge in [-0.3, -0.25) is 0 Å². The Morgan fingerprint density at radius 2 is 2.14 bits per heavy atom. The summed E-state index contributed by atoms with van der Waals surface area (Å²) < 4.78 is 8.74. The van der Waals surface area contributed by atoms with Crippen molar-refractivity contribution >= 4 is 31.6 Å². The fourth-order valence-corrected chi connectivity index (χ4v) is 3.30. The quantitative estimate of drug-likeness (QED) is 0.632. The number of nitrogens with one attached hydrogen (secondary N) is 1. The first-order valence-corrected chi connectivity index (χ1v) is 7.96. The zero-order valence-corrected chi connectivity index (χ0v) is 13.1. The minimum atomic E-state index is -0.159. The second kappa shape index (κ2) is 5.81. The summed E-state index contributed by atoms with van der Waals surface area (Å²) in [5, 5.41) is 22.8. The van der Waals surface area contributed by atoms with Crippen molar-refractivity contribution in [2.45, 2.75) is 20.1 Å². The predicted octanol–water partition coefficient (Wildman–Crippen LogP) is 2.55. The first-order valence-electron chi connectivity index (χ1n) is 6.43. The molecule has 0 saturated carbocycles. The van der Waals surface area contributed by atoms with E-state index in [1.54, 1.807) is 13.1 Å². The molecule has 1 aliphatic heterocycles. The van der Waals surface area contributed by atoms with Crippen LogP contribution < -0.4 is 5.32 Å². The molecule has 2 heterocycles. The van der Waals surface area contributed by atoms with E-state index in [9.17, 15) is 10.2 Å². The molecule has 0 spiro atoms. The van der Waals surface area contributed by atoms with Gasteiger partial charge in [0.05, 0.1) is 0 Å². The predicted molar refractivity (Wildman–Crippen MR) is 80.3 cm³/mol. The van der Waals surface area contributed by atoms with Gasteiger partial charge >= 0.3 is 127 Å². The van der Waals surface area contributed by atoms with Gasteiger partial charge in [0.15, 0.2) is 0 Å². The Morgan fingerprint density at radius 3 is 2.95 bits per heavy atom. The van der Waals surface area contributed by atoms with E-state index in [4.69, 9.17) is 0 Å². The number of rotatable bonds is 4. The molecule has 1 aromatic carbocycles. The number of aliphatic hydroxyl groups excluding tert-OH is 1. The number of hydrogen-bond acceptors (Lipinski definition) is 6. The van der Waals surface area contributed by atoms with E-state index in [2.05, 4.69) is 18.2 Å². The third-order valence-electron chi connectivity index (χ3n) is 3.34. The molecule has 3 N–H and O–H groups in total. The van der Waals surface area contributed by atoms with Gasteiger partial charge in [0, 0.05) is 0 Å². The summed E-state index contributed by atoms with van der Waals surface area (Å²) in [5.74, 6) is 0.118. The van der Waals surface area contributed by atoms with Crippen LogP contribution in [0, 0.1) is 6.92 Å². The van der Waals surface area contributed by atoms with Gasteiger partial charge in [-0.05, 0) is 0 Å². The minimum absolute atomic E-state index is 0.0776. The molecule has 0 fully saturated rings. The van der Waals surface area contributed by atoms with Crippen molar-refractivity contribution in [1.29, 1.82) is 0 Å². The van der Waals surface area contributed by atoms with Crippen molar-refractivity contribution in [3.63, 3.8) is 0 Å². The Balaban J connectivity index is 1.88. The number of aryl methyl sites for hydroxylation is 1. The van der Waals surface area contributed by atoms with E-state index in [1.807, 2.05) is 18.2 Å². The number of aromatic nitrogens is 1. The van der Waals surface area contributed by atoms with Crippen LogP contribution in [-0.2, 0) is 13.2 Å². The summed E-state index contributed by atoms with van der Waals surface area (Å²) in [7, 11) is 0. The summed E-state index contributed by atoms with van der Waals surface area (Å²) in [4.78, 5) is 4.05. The molecule has 6 nitrogen and oxygen atoms in total. The van der Waals surface area contributed by atoms with Gasteiger partial charge in [0.1, 0.15) is 0 Å². The maximum atomic E-state index is 10.1. The van der Waals surface area contributed by atoms with Gasteiger partial charge in [-0.15, -0.1) is 0 Å². The van der Waals surface area contributed by atoms with E-state index in [0.29, 0.717) is 23.4 Å². The number of pyridine rings is 1. The Labute approximate surface area is 127 Å². The van der Waals surface area contributed by atoms with E-state index < -0.39 is 0 Å². The second-order valence-corrected chi connectivity index (χ2v) is 5.75. The molecular weight excluding hydrogens is 335 g/mol. The summed E-state index contributed by atoms with van der Waals surface area (Å²) in [6, 6.07) is 5.79. The summed E-state index contributed by atoms with van der Waals surface area (Å²) in [6.07, 6.45) is 1.59. The van der Waals surface area contributed by atoms with Crippen LogP contribution in [0.4, 0.5) is 17.1 Å². The van der Waals surface area contributed by atoms with Gasteiger partial charge in [-0.25, -0.2) is 0 Å². The van der Waals surface area contributed by atoms with Crippen LogP contribution in [0.15, 0.2) is 32.3 Å². The normalized spacial score (nSPS) is 12.1. The van der Waals surface area contributed by atoms with Gasteiger partial charge in [0.2, 0.25) is 0 Å². The Bertz CT molecular complexity index is 770. The molecule has 0 aliphatic carbocycles. The number of anilines is 1. The molecular formula is C14H14N4O2Se. The molecule has 0 atom stereocenters. The van der Waals surface area contributed by atoms with Gasteiger partial charge in [-0.1, -0.05) is 0 Å². The number of aliphatic hydroxyl groups is 1. The zero-order chi connectivity index (χ0) is 14.8. The van der Waals surface area contributed by atoms with E-state index >= 15 is 0 Å². The molecule has 7 heteroatoms. The third-order valence-corrected chi connectivity index (χ3v) is 4.48. The molecule has 108 valence electrons. The fraction of sp³-hybridized carbons (Fsp3) is 0.214. The molecule has 0 amide bonds. The average molecular weight is 349 g/mol. The van der Waals surface area contributed by atoms with Crippen LogP contribution in [0.5, 0.6) is 5.75 Å². The van der Waals surface area contributed by atoms with Crippen LogP contribution >= 0.6 is 0 Å². The van der Waals surface area contributed by atoms with Crippen LogP contribution in [-0.4, -0.2) is 29.8 Å². The van der Waals surface area contributed by atoms with Gasteiger partial charge in [-0.2, -0.15) is 0 Å². The van der Waals surface area contributed by atoms with Crippen LogP contribution in [0.25, 0.3) is 0 Å². The molecule has 0 saturated heterocycles. The monoisotopic (exact) mass is 350 g/mol. The first-order chi connectivity index (χ1) is 10.2. The van der Waals surface area contributed by atoms with Crippen molar-refractivity contribution in [2.75, 3.05) is 5.32 Å². The first kappa shape index (κ1) is 14.0. The summed E-state index contributed by atoms with van der Waals surface area (Å²) in [6.45, 7) is 1.97. The fourth-order valence-electron chi connectivity index (χ4n) is 2.15. The maximum absolute atomic E-state index is 10.1. The van der Waals surface area contributed by atoms with Crippen molar-refractivity contribution < 1.29 is 10.2 Å². The van der Waals surface area contributed by atoms with Gasteiger partial charge < -0.3 is 0 Å². The van der Waals surface area contributed by atoms with E-state index in [0.717, 1.165) is 17.1 Å². The molecule has 21 heavy (non-hydrogen) atoms.